The minimum atomic E-state index is -0.149. The highest BCUT2D eigenvalue weighted by Gasteiger charge is 2.04. The number of hydrogen-bond donors (Lipinski definition) is 3. The highest BCUT2D eigenvalue weighted by Crippen LogP contribution is 1.97. The highest BCUT2D eigenvalue weighted by atomic mass is 32.1. The smallest absolute Gasteiger partial charge is 0.316 e. The number of carbonyl (C=O) groups is 1. The van der Waals surface area contributed by atoms with Gasteiger partial charge in [0.25, 0.3) is 0 Å². The number of anilines is 1. The molecule has 0 aliphatic carbocycles. The van der Waals surface area contributed by atoms with Crippen LogP contribution in [-0.2, 0) is 6.54 Å². The predicted octanol–water partition coefficient (Wildman–Crippen LogP) is -0.206. The maximum absolute atomic E-state index is 11.2. The highest BCUT2D eigenvalue weighted by molar-refractivity contribution is 7.71. The summed E-state index contributed by atoms with van der Waals surface area (Å²) in [7, 11) is 3.35. The van der Waals surface area contributed by atoms with E-state index in [1.54, 1.807) is 18.7 Å². The third kappa shape index (κ3) is 2.94. The van der Waals surface area contributed by atoms with E-state index in [9.17, 15) is 4.79 Å². The van der Waals surface area contributed by atoms with E-state index in [4.69, 9.17) is 18.0 Å². The van der Waals surface area contributed by atoms with E-state index in [1.165, 1.54) is 4.90 Å². The fraction of sp³-hybridized carbons (Fsp3) is 0.571. The SMILES string of the molecule is CN(C)C(=O)NCCn1c(N)n[nH]c1=S. The minimum Gasteiger partial charge on any atom is -0.368 e. The summed E-state index contributed by atoms with van der Waals surface area (Å²) in [5, 5.41) is 9.01. The molecule has 1 aromatic rings. The Labute approximate surface area is 92.3 Å². The number of nitrogens with zero attached hydrogens (tertiary/aromatic N) is 3. The summed E-state index contributed by atoms with van der Waals surface area (Å²) in [6.45, 7) is 0.954. The number of hydrogen-bond acceptors (Lipinski definition) is 4. The molecular weight excluding hydrogens is 216 g/mol. The molecule has 15 heavy (non-hydrogen) atoms. The number of rotatable bonds is 3. The van der Waals surface area contributed by atoms with Crippen LogP contribution in [0.4, 0.5) is 10.7 Å². The maximum atomic E-state index is 11.2. The number of aromatic nitrogens is 3. The van der Waals surface area contributed by atoms with E-state index in [2.05, 4.69) is 15.5 Å². The molecule has 0 atom stereocenters. The molecule has 2 amide bonds. The zero-order valence-electron chi connectivity index (χ0n) is 8.65. The molecule has 0 aromatic carbocycles. The fourth-order valence-electron chi connectivity index (χ4n) is 0.979. The van der Waals surface area contributed by atoms with Crippen LogP contribution in [0.5, 0.6) is 0 Å². The van der Waals surface area contributed by atoms with Gasteiger partial charge in [-0.15, -0.1) is 5.10 Å². The van der Waals surface area contributed by atoms with Crippen LogP contribution in [0.3, 0.4) is 0 Å². The molecule has 0 saturated heterocycles. The lowest BCUT2D eigenvalue weighted by Crippen LogP contribution is -2.36. The van der Waals surface area contributed by atoms with Crippen molar-refractivity contribution in [2.75, 3.05) is 26.4 Å². The molecule has 0 spiro atoms. The number of urea groups is 1. The van der Waals surface area contributed by atoms with Gasteiger partial charge >= 0.3 is 6.03 Å². The van der Waals surface area contributed by atoms with Gasteiger partial charge in [-0.2, -0.15) is 0 Å². The average molecular weight is 230 g/mol. The number of H-pyrrole nitrogens is 1. The number of nitrogen functional groups attached to an aromatic ring is 1. The van der Waals surface area contributed by atoms with Gasteiger partial charge in [0, 0.05) is 27.2 Å². The van der Waals surface area contributed by atoms with Crippen molar-refractivity contribution >= 4 is 24.2 Å². The van der Waals surface area contributed by atoms with Crippen molar-refractivity contribution in [3.63, 3.8) is 0 Å². The Morgan fingerprint density at radius 1 is 1.73 bits per heavy atom. The van der Waals surface area contributed by atoms with E-state index in [1.807, 2.05) is 0 Å². The van der Waals surface area contributed by atoms with Crippen LogP contribution in [0.25, 0.3) is 0 Å². The lowest BCUT2D eigenvalue weighted by molar-refractivity contribution is 0.217. The number of carbonyl (C=O) groups excluding carboxylic acids is 1. The molecule has 0 radical (unpaired) electrons. The molecule has 0 aliphatic rings. The molecule has 4 N–H and O–H groups in total. The van der Waals surface area contributed by atoms with Crippen LogP contribution in [0.15, 0.2) is 0 Å². The Bertz CT molecular complexity index is 394. The zero-order chi connectivity index (χ0) is 11.4. The van der Waals surface area contributed by atoms with Crippen molar-refractivity contribution < 1.29 is 4.79 Å². The van der Waals surface area contributed by atoms with Crippen LogP contribution in [0.1, 0.15) is 0 Å². The molecule has 0 saturated carbocycles. The second-order valence-corrected chi connectivity index (χ2v) is 3.55. The van der Waals surface area contributed by atoms with Crippen LogP contribution in [0.2, 0.25) is 0 Å². The van der Waals surface area contributed by atoms with Gasteiger partial charge < -0.3 is 16.0 Å². The zero-order valence-corrected chi connectivity index (χ0v) is 9.47. The normalized spacial score (nSPS) is 10.0. The Morgan fingerprint density at radius 3 is 2.87 bits per heavy atom. The Morgan fingerprint density at radius 2 is 2.40 bits per heavy atom. The van der Waals surface area contributed by atoms with Crippen molar-refractivity contribution in [3.05, 3.63) is 4.77 Å². The molecule has 8 heteroatoms. The van der Waals surface area contributed by atoms with Crippen LogP contribution in [-0.4, -0.2) is 46.3 Å². The Kier molecular flexibility index (Phi) is 3.67. The quantitative estimate of drug-likeness (QED) is 0.627. The first kappa shape index (κ1) is 11.5. The number of nitrogens with two attached hydrogens (primary N) is 1. The van der Waals surface area contributed by atoms with Crippen LogP contribution < -0.4 is 11.1 Å². The summed E-state index contributed by atoms with van der Waals surface area (Å²) >= 11 is 4.95. The summed E-state index contributed by atoms with van der Waals surface area (Å²) < 4.78 is 2.07. The lowest BCUT2D eigenvalue weighted by atomic mass is 10.6. The Balaban J connectivity index is 2.45. The third-order valence-electron chi connectivity index (χ3n) is 1.81. The first-order chi connectivity index (χ1) is 7.02. The van der Waals surface area contributed by atoms with Crippen molar-refractivity contribution in [1.29, 1.82) is 0 Å². The van der Waals surface area contributed by atoms with Crippen molar-refractivity contribution in [2.24, 2.45) is 0 Å². The molecule has 1 rings (SSSR count). The first-order valence-electron chi connectivity index (χ1n) is 4.38. The van der Waals surface area contributed by atoms with Gasteiger partial charge in [-0.05, 0) is 12.2 Å². The van der Waals surface area contributed by atoms with Crippen molar-refractivity contribution in [2.45, 2.75) is 6.54 Å². The first-order valence-corrected chi connectivity index (χ1v) is 4.79. The van der Waals surface area contributed by atoms with Crippen molar-refractivity contribution in [1.82, 2.24) is 25.0 Å². The van der Waals surface area contributed by atoms with E-state index in [-0.39, 0.29) is 6.03 Å². The summed E-state index contributed by atoms with van der Waals surface area (Å²) in [6, 6.07) is -0.149. The van der Waals surface area contributed by atoms with Gasteiger partial charge in [-0.1, -0.05) is 0 Å². The molecule has 0 bridgehead atoms. The largest absolute Gasteiger partial charge is 0.368 e. The average Bonchev–Trinajstić information content (AvgIpc) is 2.48. The number of nitrogens with one attached hydrogen (secondary N) is 2. The second kappa shape index (κ2) is 4.78. The lowest BCUT2D eigenvalue weighted by Gasteiger charge is -2.12. The van der Waals surface area contributed by atoms with Gasteiger partial charge in [0.15, 0.2) is 4.77 Å². The standard InChI is InChI=1S/C7H14N6OS/c1-12(2)6(14)9-3-4-13-5(8)10-11-7(13)15/h3-4H2,1-2H3,(H2,8,10)(H,9,14)(H,11,15). The molecule has 1 aromatic heterocycles. The van der Waals surface area contributed by atoms with E-state index in [0.717, 1.165) is 0 Å². The Hall–Kier alpha value is -1.57. The van der Waals surface area contributed by atoms with E-state index < -0.39 is 0 Å². The topological polar surface area (TPSA) is 92.0 Å². The van der Waals surface area contributed by atoms with Gasteiger partial charge in [0.05, 0.1) is 0 Å². The second-order valence-electron chi connectivity index (χ2n) is 3.16. The van der Waals surface area contributed by atoms with Gasteiger partial charge in [0.1, 0.15) is 0 Å². The summed E-state index contributed by atoms with van der Waals surface area (Å²) in [5.41, 5.74) is 5.55. The predicted molar refractivity (Wildman–Crippen MR) is 58.9 cm³/mol. The molecule has 0 fully saturated rings. The monoisotopic (exact) mass is 230 g/mol. The number of aromatic amines is 1. The fourth-order valence-corrected chi connectivity index (χ4v) is 1.21. The van der Waals surface area contributed by atoms with Crippen molar-refractivity contribution in [3.8, 4) is 0 Å². The van der Waals surface area contributed by atoms with E-state index in [0.29, 0.717) is 23.8 Å². The third-order valence-corrected chi connectivity index (χ3v) is 2.12. The van der Waals surface area contributed by atoms with Crippen LogP contribution >= 0.6 is 12.2 Å². The molecule has 0 unspecified atom stereocenters. The molecule has 1 heterocycles. The van der Waals surface area contributed by atoms with Gasteiger partial charge in [0.2, 0.25) is 5.95 Å². The minimum absolute atomic E-state index is 0.149. The molecule has 84 valence electrons. The molecule has 0 aliphatic heterocycles. The number of amides is 2. The molecular formula is C7H14N6OS. The summed E-state index contributed by atoms with van der Waals surface area (Å²) in [6.07, 6.45) is 0. The molecule has 7 nitrogen and oxygen atoms in total. The summed E-state index contributed by atoms with van der Waals surface area (Å²) in [4.78, 5) is 12.6. The van der Waals surface area contributed by atoms with Gasteiger partial charge in [-0.3, -0.25) is 4.57 Å². The van der Waals surface area contributed by atoms with E-state index >= 15 is 0 Å². The maximum Gasteiger partial charge on any atom is 0.316 e. The summed E-state index contributed by atoms with van der Waals surface area (Å²) in [5.74, 6) is 0.319. The van der Waals surface area contributed by atoms with Gasteiger partial charge in [-0.25, -0.2) is 9.89 Å². The van der Waals surface area contributed by atoms with Crippen LogP contribution in [0, 0.1) is 4.77 Å².